The molecule has 1 fully saturated rings. The lowest BCUT2D eigenvalue weighted by molar-refractivity contribution is -0.138. The van der Waals surface area contributed by atoms with E-state index in [0.29, 0.717) is 17.0 Å². The number of aryl methyl sites for hydroxylation is 1. The van der Waals surface area contributed by atoms with Gasteiger partial charge in [0.05, 0.1) is 17.9 Å². The van der Waals surface area contributed by atoms with E-state index in [0.717, 1.165) is 38.4 Å². The Balaban J connectivity index is 0.00000289. The number of fused-ring (bicyclic) bond motifs is 1. The van der Waals surface area contributed by atoms with Crippen LogP contribution in [0.25, 0.3) is 22.3 Å². The van der Waals surface area contributed by atoms with E-state index >= 15 is 0 Å². The fraction of sp³-hybridized carbons (Fsp3) is 0.409. The van der Waals surface area contributed by atoms with Crippen LogP contribution in [0.1, 0.15) is 30.7 Å². The minimum absolute atomic E-state index is 0. The van der Waals surface area contributed by atoms with Gasteiger partial charge < -0.3 is 14.6 Å². The number of ether oxygens (including phenoxy) is 1. The molecular weight excluding hydrogens is 443 g/mol. The second-order valence-electron chi connectivity index (χ2n) is 7.71. The van der Waals surface area contributed by atoms with Crippen molar-refractivity contribution >= 4 is 23.4 Å². The van der Waals surface area contributed by atoms with E-state index < -0.39 is 11.7 Å². The zero-order valence-corrected chi connectivity index (χ0v) is 18.3. The van der Waals surface area contributed by atoms with Crippen LogP contribution in [0.4, 0.5) is 13.2 Å². The fourth-order valence-electron chi connectivity index (χ4n) is 3.94. The molecule has 0 bridgehead atoms. The van der Waals surface area contributed by atoms with E-state index in [-0.39, 0.29) is 41.8 Å². The molecule has 1 N–H and O–H groups in total. The van der Waals surface area contributed by atoms with Crippen LogP contribution in [-0.4, -0.2) is 34.2 Å². The van der Waals surface area contributed by atoms with Crippen LogP contribution in [0.15, 0.2) is 30.5 Å². The molecule has 2 aromatic heterocycles. The van der Waals surface area contributed by atoms with Crippen molar-refractivity contribution in [3.05, 3.63) is 41.9 Å². The third kappa shape index (κ3) is 4.97. The predicted molar refractivity (Wildman–Crippen MR) is 117 cm³/mol. The number of benzene rings is 1. The van der Waals surface area contributed by atoms with Crippen molar-refractivity contribution in [3.8, 4) is 23.1 Å². The fourth-order valence-corrected chi connectivity index (χ4v) is 3.94. The highest BCUT2D eigenvalue weighted by atomic mass is 35.5. The Morgan fingerprint density at radius 1 is 1.22 bits per heavy atom. The molecule has 0 atom stereocenters. The summed E-state index contributed by atoms with van der Waals surface area (Å²) < 4.78 is 48.7. The van der Waals surface area contributed by atoms with Gasteiger partial charge in [0.2, 0.25) is 5.82 Å². The molecule has 32 heavy (non-hydrogen) atoms. The lowest BCUT2D eigenvalue weighted by atomic mass is 9.95. The standard InChI is InChI=1S/C22H22F3N5O.ClH/c1-30-10-6-16-20(28-19(13-26)29-21(16)30)15-2-3-18(17(12-15)22(23,24)25)31-11-7-14-4-8-27-9-5-14;/h2-3,6,10,12,14,27H,4-5,7-9,11H2,1H3;1H. The average Bonchev–Trinajstić information content (AvgIpc) is 3.14. The Hall–Kier alpha value is -2.83. The van der Waals surface area contributed by atoms with Crippen LogP contribution in [0.5, 0.6) is 5.75 Å². The zero-order valence-electron chi connectivity index (χ0n) is 17.4. The Bertz CT molecular complexity index is 1130. The molecular formula is C22H23ClF3N5O. The SMILES string of the molecule is Cl.Cn1ccc2c(-c3ccc(OCCC4CCNCC4)c(C(F)(F)F)c3)nc(C#N)nc21. The van der Waals surface area contributed by atoms with Crippen molar-refractivity contribution in [2.45, 2.75) is 25.4 Å². The third-order valence-corrected chi connectivity index (χ3v) is 5.63. The Kier molecular flexibility index (Phi) is 7.26. The first-order valence-corrected chi connectivity index (χ1v) is 10.1. The molecule has 170 valence electrons. The summed E-state index contributed by atoms with van der Waals surface area (Å²) in [5.41, 5.74) is 0.177. The highest BCUT2D eigenvalue weighted by Crippen LogP contribution is 2.39. The smallest absolute Gasteiger partial charge is 0.419 e. The van der Waals surface area contributed by atoms with Gasteiger partial charge in [-0.3, -0.25) is 0 Å². The van der Waals surface area contributed by atoms with Crippen molar-refractivity contribution < 1.29 is 17.9 Å². The molecule has 1 saturated heterocycles. The zero-order chi connectivity index (χ0) is 22.0. The van der Waals surface area contributed by atoms with Crippen molar-refractivity contribution in [1.82, 2.24) is 19.9 Å². The maximum Gasteiger partial charge on any atom is 0.419 e. The summed E-state index contributed by atoms with van der Waals surface area (Å²) in [6, 6.07) is 7.52. The maximum absolute atomic E-state index is 13.8. The van der Waals surface area contributed by atoms with Gasteiger partial charge in [-0.05, 0) is 62.5 Å². The summed E-state index contributed by atoms with van der Waals surface area (Å²) in [6.07, 6.45) is -0.108. The quantitative estimate of drug-likeness (QED) is 0.590. The lowest BCUT2D eigenvalue weighted by Gasteiger charge is -2.23. The van der Waals surface area contributed by atoms with Crippen LogP contribution in [0.3, 0.4) is 0 Å². The molecule has 4 rings (SSSR count). The van der Waals surface area contributed by atoms with Crippen molar-refractivity contribution in [3.63, 3.8) is 0 Å². The third-order valence-electron chi connectivity index (χ3n) is 5.63. The van der Waals surface area contributed by atoms with Gasteiger partial charge >= 0.3 is 6.18 Å². The minimum atomic E-state index is -4.58. The van der Waals surface area contributed by atoms with Crippen LogP contribution in [0.2, 0.25) is 0 Å². The number of piperidine rings is 1. The summed E-state index contributed by atoms with van der Waals surface area (Å²) in [7, 11) is 1.75. The topological polar surface area (TPSA) is 75.8 Å². The average molecular weight is 466 g/mol. The molecule has 6 nitrogen and oxygen atoms in total. The van der Waals surface area contributed by atoms with Gasteiger partial charge in [-0.1, -0.05) is 0 Å². The van der Waals surface area contributed by atoms with Gasteiger partial charge in [0.15, 0.2) is 0 Å². The largest absolute Gasteiger partial charge is 0.493 e. The van der Waals surface area contributed by atoms with Crippen molar-refractivity contribution in [2.24, 2.45) is 13.0 Å². The van der Waals surface area contributed by atoms with Crippen LogP contribution in [0, 0.1) is 17.2 Å². The van der Waals surface area contributed by atoms with Crippen LogP contribution in [-0.2, 0) is 13.2 Å². The Morgan fingerprint density at radius 3 is 2.66 bits per heavy atom. The van der Waals surface area contributed by atoms with E-state index in [1.165, 1.54) is 6.07 Å². The van der Waals surface area contributed by atoms with E-state index in [2.05, 4.69) is 15.3 Å². The normalized spacial score (nSPS) is 14.7. The summed E-state index contributed by atoms with van der Waals surface area (Å²) >= 11 is 0. The summed E-state index contributed by atoms with van der Waals surface area (Å²) in [5, 5.41) is 13.1. The summed E-state index contributed by atoms with van der Waals surface area (Å²) in [6.45, 7) is 2.11. The molecule has 3 aromatic rings. The first kappa shape index (κ1) is 23.8. The lowest BCUT2D eigenvalue weighted by Crippen LogP contribution is -2.28. The first-order chi connectivity index (χ1) is 14.9. The Labute approximate surface area is 189 Å². The highest BCUT2D eigenvalue weighted by molar-refractivity contribution is 5.91. The van der Waals surface area contributed by atoms with Gasteiger partial charge in [-0.15, -0.1) is 12.4 Å². The van der Waals surface area contributed by atoms with E-state index in [4.69, 9.17) is 4.74 Å². The summed E-state index contributed by atoms with van der Waals surface area (Å²) in [5.74, 6) is 0.177. The minimum Gasteiger partial charge on any atom is -0.493 e. The molecule has 1 aromatic carbocycles. The highest BCUT2D eigenvalue weighted by Gasteiger charge is 2.35. The van der Waals surface area contributed by atoms with E-state index in [1.807, 2.05) is 6.07 Å². The van der Waals surface area contributed by atoms with Crippen LogP contribution >= 0.6 is 12.4 Å². The van der Waals surface area contributed by atoms with Crippen molar-refractivity contribution in [2.75, 3.05) is 19.7 Å². The molecule has 0 amide bonds. The van der Waals surface area contributed by atoms with E-state index in [1.54, 1.807) is 29.9 Å². The molecule has 0 aliphatic carbocycles. The first-order valence-electron chi connectivity index (χ1n) is 10.1. The molecule has 0 spiro atoms. The number of nitrogens with one attached hydrogen (secondary N) is 1. The number of halogens is 4. The number of aromatic nitrogens is 3. The van der Waals surface area contributed by atoms with Gasteiger partial charge in [0.1, 0.15) is 17.5 Å². The van der Waals surface area contributed by atoms with E-state index in [9.17, 15) is 18.4 Å². The second-order valence-corrected chi connectivity index (χ2v) is 7.71. The van der Waals surface area contributed by atoms with Crippen molar-refractivity contribution in [1.29, 1.82) is 5.26 Å². The number of alkyl halides is 3. The molecule has 1 aliphatic heterocycles. The molecule has 1 aliphatic rings. The monoisotopic (exact) mass is 465 g/mol. The van der Waals surface area contributed by atoms with Gasteiger partial charge in [-0.2, -0.15) is 18.4 Å². The number of rotatable bonds is 5. The van der Waals surface area contributed by atoms with Gasteiger partial charge in [0.25, 0.3) is 0 Å². The molecule has 0 radical (unpaired) electrons. The molecule has 0 saturated carbocycles. The molecule has 0 unspecified atom stereocenters. The Morgan fingerprint density at radius 2 is 1.97 bits per heavy atom. The number of nitriles is 1. The van der Waals surface area contributed by atoms with Gasteiger partial charge in [-0.25, -0.2) is 9.97 Å². The van der Waals surface area contributed by atoms with Crippen LogP contribution < -0.4 is 10.1 Å². The number of hydrogen-bond acceptors (Lipinski definition) is 5. The summed E-state index contributed by atoms with van der Waals surface area (Å²) in [4.78, 5) is 8.33. The number of nitrogens with zero attached hydrogens (tertiary/aromatic N) is 4. The number of hydrogen-bond donors (Lipinski definition) is 1. The maximum atomic E-state index is 13.8. The molecule has 10 heteroatoms. The second kappa shape index (κ2) is 9.76. The molecule has 3 heterocycles. The predicted octanol–water partition coefficient (Wildman–Crippen LogP) is 4.72. The van der Waals surface area contributed by atoms with Gasteiger partial charge in [0, 0.05) is 24.2 Å².